The third-order valence-corrected chi connectivity index (χ3v) is 8.04. The van der Waals surface area contributed by atoms with Crippen molar-refractivity contribution < 1.29 is 18.7 Å². The van der Waals surface area contributed by atoms with Crippen molar-refractivity contribution in [1.82, 2.24) is 20.1 Å². The van der Waals surface area contributed by atoms with Crippen molar-refractivity contribution in [3.8, 4) is 0 Å². The van der Waals surface area contributed by atoms with Gasteiger partial charge < -0.3 is 15.0 Å². The van der Waals surface area contributed by atoms with Crippen LogP contribution in [0.15, 0.2) is 80.8 Å². The number of amidine groups is 1. The van der Waals surface area contributed by atoms with E-state index in [1.165, 1.54) is 23.5 Å². The molecule has 3 heterocycles. The first-order valence-electron chi connectivity index (χ1n) is 12.6. The highest BCUT2D eigenvalue weighted by Gasteiger charge is 2.35. The number of esters is 1. The highest BCUT2D eigenvalue weighted by atomic mass is 79.9. The standard InChI is InChI=1S/C28H27BrFN5O3S/c1-2-38-28(37)23-22(17-34-11-13-35(14-12-34)27(36)18-6-4-3-5-7-18)32-25(26-31-10-15-39-26)33-24(23)20-9-8-19(30)16-21(20)29/h3-10,15-16,24H,2,11-14,17H2,1H3,(H,32,33). The van der Waals surface area contributed by atoms with E-state index in [4.69, 9.17) is 9.73 Å². The molecule has 1 aromatic heterocycles. The maximum atomic E-state index is 13.9. The average molecular weight is 613 g/mol. The molecule has 3 aromatic rings. The van der Waals surface area contributed by atoms with E-state index in [2.05, 4.69) is 31.1 Å². The minimum atomic E-state index is -0.727. The Balaban J connectivity index is 1.44. The monoisotopic (exact) mass is 611 g/mol. The van der Waals surface area contributed by atoms with Crippen LogP contribution in [0.2, 0.25) is 0 Å². The average Bonchev–Trinajstić information content (AvgIpc) is 3.49. The Bertz CT molecular complexity index is 1410. The van der Waals surface area contributed by atoms with Crippen molar-refractivity contribution in [1.29, 1.82) is 0 Å². The van der Waals surface area contributed by atoms with Crippen LogP contribution in [0.1, 0.15) is 33.9 Å². The Hall–Kier alpha value is -3.41. The molecular formula is C28H27BrFN5O3S. The van der Waals surface area contributed by atoms with E-state index in [1.54, 1.807) is 19.2 Å². The molecule has 1 atom stereocenters. The van der Waals surface area contributed by atoms with Gasteiger partial charge in [0.25, 0.3) is 5.91 Å². The zero-order chi connectivity index (χ0) is 27.4. The van der Waals surface area contributed by atoms with Crippen LogP contribution in [-0.2, 0) is 9.53 Å². The summed E-state index contributed by atoms with van der Waals surface area (Å²) in [6.45, 7) is 4.77. The summed E-state index contributed by atoms with van der Waals surface area (Å²) >= 11 is 4.89. The number of piperazine rings is 1. The fraction of sp³-hybridized carbons (Fsp3) is 0.286. The Labute approximate surface area is 238 Å². The Morgan fingerprint density at radius 2 is 1.92 bits per heavy atom. The number of nitrogens with one attached hydrogen (secondary N) is 1. The molecule has 0 radical (unpaired) electrons. The largest absolute Gasteiger partial charge is 0.463 e. The molecule has 2 aliphatic heterocycles. The number of nitrogens with zero attached hydrogens (tertiary/aromatic N) is 4. The number of hydrogen-bond donors (Lipinski definition) is 1. The summed E-state index contributed by atoms with van der Waals surface area (Å²) < 4.78 is 19.9. The van der Waals surface area contributed by atoms with Crippen LogP contribution in [0.3, 0.4) is 0 Å². The van der Waals surface area contributed by atoms with Crippen molar-refractivity contribution >= 4 is 45.0 Å². The van der Waals surface area contributed by atoms with Crippen molar-refractivity contribution in [2.24, 2.45) is 4.99 Å². The molecule has 39 heavy (non-hydrogen) atoms. The van der Waals surface area contributed by atoms with Crippen LogP contribution >= 0.6 is 27.3 Å². The van der Waals surface area contributed by atoms with Crippen molar-refractivity contribution in [2.45, 2.75) is 13.0 Å². The van der Waals surface area contributed by atoms with E-state index in [-0.39, 0.29) is 12.5 Å². The fourth-order valence-corrected chi connectivity index (χ4v) is 5.82. The number of amides is 1. The van der Waals surface area contributed by atoms with Crippen LogP contribution in [0.25, 0.3) is 0 Å². The molecule has 202 valence electrons. The second-order valence-corrected chi connectivity index (χ2v) is 10.8. The van der Waals surface area contributed by atoms with E-state index < -0.39 is 17.8 Å². The predicted molar refractivity (Wildman–Crippen MR) is 151 cm³/mol. The molecule has 5 rings (SSSR count). The number of halogens is 2. The summed E-state index contributed by atoms with van der Waals surface area (Å²) in [6, 6.07) is 12.9. The second-order valence-electron chi connectivity index (χ2n) is 9.06. The normalized spacial score (nSPS) is 18.0. The van der Waals surface area contributed by atoms with Gasteiger partial charge in [-0.25, -0.2) is 14.2 Å². The number of ether oxygens (including phenoxy) is 1. The topological polar surface area (TPSA) is 87.1 Å². The number of hydrogen-bond acceptors (Lipinski definition) is 8. The Morgan fingerprint density at radius 1 is 1.15 bits per heavy atom. The number of thiazole rings is 1. The van der Waals surface area contributed by atoms with Gasteiger partial charge in [0.05, 0.1) is 12.2 Å². The first-order valence-corrected chi connectivity index (χ1v) is 14.3. The minimum absolute atomic E-state index is 0.0110. The van der Waals surface area contributed by atoms with Gasteiger partial charge in [-0.15, -0.1) is 11.3 Å². The van der Waals surface area contributed by atoms with Crippen LogP contribution in [0, 0.1) is 5.82 Å². The summed E-state index contributed by atoms with van der Waals surface area (Å²) in [6.07, 6.45) is 1.69. The molecule has 0 spiro atoms. The highest BCUT2D eigenvalue weighted by Crippen LogP contribution is 2.37. The predicted octanol–water partition coefficient (Wildman–Crippen LogP) is 4.41. The summed E-state index contributed by atoms with van der Waals surface area (Å²) in [4.78, 5) is 39.6. The molecule has 2 aromatic carbocycles. The second kappa shape index (κ2) is 12.2. The van der Waals surface area contributed by atoms with Gasteiger partial charge in [-0.05, 0) is 36.8 Å². The SMILES string of the molecule is CCOC(=O)C1=C(CN2CCN(C(=O)c3ccccc3)CC2)NC(c2nccs2)=NC1c1ccc(F)cc1Br. The van der Waals surface area contributed by atoms with Gasteiger partial charge in [-0.2, -0.15) is 0 Å². The van der Waals surface area contributed by atoms with Gasteiger partial charge in [0.1, 0.15) is 11.9 Å². The molecule has 1 unspecified atom stereocenters. The Kier molecular flexibility index (Phi) is 8.49. The summed E-state index contributed by atoms with van der Waals surface area (Å²) in [5.74, 6) is -0.335. The number of aromatic nitrogens is 1. The first kappa shape index (κ1) is 27.2. The first-order chi connectivity index (χ1) is 18.9. The van der Waals surface area contributed by atoms with Crippen LogP contribution in [-0.4, -0.2) is 71.8 Å². The molecule has 2 aliphatic rings. The maximum absolute atomic E-state index is 13.9. The van der Waals surface area contributed by atoms with E-state index in [9.17, 15) is 14.0 Å². The quantitative estimate of drug-likeness (QED) is 0.398. The molecule has 0 saturated carbocycles. The van der Waals surface area contributed by atoms with E-state index >= 15 is 0 Å². The third kappa shape index (κ3) is 6.10. The lowest BCUT2D eigenvalue weighted by molar-refractivity contribution is -0.139. The highest BCUT2D eigenvalue weighted by molar-refractivity contribution is 9.10. The summed E-state index contributed by atoms with van der Waals surface area (Å²) in [5.41, 5.74) is 2.33. The van der Waals surface area contributed by atoms with E-state index in [1.807, 2.05) is 40.6 Å². The van der Waals surface area contributed by atoms with Crippen molar-refractivity contribution in [2.75, 3.05) is 39.3 Å². The maximum Gasteiger partial charge on any atom is 0.338 e. The van der Waals surface area contributed by atoms with Gasteiger partial charge in [0, 0.05) is 60.0 Å². The molecule has 0 aliphatic carbocycles. The van der Waals surface area contributed by atoms with Gasteiger partial charge >= 0.3 is 5.97 Å². The lowest BCUT2D eigenvalue weighted by Gasteiger charge is -2.36. The molecule has 1 saturated heterocycles. The number of carbonyl (C=O) groups excluding carboxylic acids is 2. The van der Waals surface area contributed by atoms with Gasteiger partial charge in [-0.3, -0.25) is 14.7 Å². The zero-order valence-corrected chi connectivity index (χ0v) is 23.7. The van der Waals surface area contributed by atoms with Crippen LogP contribution < -0.4 is 5.32 Å². The molecule has 1 fully saturated rings. The van der Waals surface area contributed by atoms with Gasteiger partial charge in [0.2, 0.25) is 0 Å². The fourth-order valence-electron chi connectivity index (χ4n) is 4.66. The molecule has 8 nitrogen and oxygen atoms in total. The Morgan fingerprint density at radius 3 is 2.59 bits per heavy atom. The van der Waals surface area contributed by atoms with E-state index in [0.29, 0.717) is 70.4 Å². The van der Waals surface area contributed by atoms with Crippen LogP contribution in [0.5, 0.6) is 0 Å². The molecule has 1 N–H and O–H groups in total. The lowest BCUT2D eigenvalue weighted by Crippen LogP contribution is -2.50. The molecule has 0 bridgehead atoms. The van der Waals surface area contributed by atoms with E-state index in [0.717, 1.165) is 0 Å². The molecule has 1 amide bonds. The number of aliphatic imine (C=N–C) groups is 1. The number of carbonyl (C=O) groups is 2. The number of rotatable bonds is 7. The smallest absolute Gasteiger partial charge is 0.338 e. The molecule has 11 heteroatoms. The number of benzene rings is 2. The zero-order valence-electron chi connectivity index (χ0n) is 21.3. The van der Waals surface area contributed by atoms with Crippen molar-refractivity contribution in [3.05, 3.63) is 97.8 Å². The lowest BCUT2D eigenvalue weighted by atomic mass is 9.95. The summed E-state index contributed by atoms with van der Waals surface area (Å²) in [5, 5.41) is 5.88. The van der Waals surface area contributed by atoms with Gasteiger partial charge in [0.15, 0.2) is 10.8 Å². The van der Waals surface area contributed by atoms with Crippen LogP contribution in [0.4, 0.5) is 4.39 Å². The minimum Gasteiger partial charge on any atom is -0.463 e. The van der Waals surface area contributed by atoms with Crippen molar-refractivity contribution in [3.63, 3.8) is 0 Å². The summed E-state index contributed by atoms with van der Waals surface area (Å²) in [7, 11) is 0. The van der Waals surface area contributed by atoms with Gasteiger partial charge in [-0.1, -0.05) is 40.2 Å². The third-order valence-electron chi connectivity index (χ3n) is 6.58. The molecular weight excluding hydrogens is 585 g/mol.